The Bertz CT molecular complexity index is 398. The fourth-order valence-electron chi connectivity index (χ4n) is 1.74. The number of aliphatic hydroxyl groups excluding tert-OH is 2. The standard InChI is InChI=1S/C18H34O8S2/c1-3-15(19)12-24-8-4-5-9-25-13-16(20)14-26-18(22)7-11-28-27-10-6-17(21)23-2/h15-16,19-20H,3-14H2,1-2H3. The molecule has 0 saturated carbocycles. The van der Waals surface area contributed by atoms with Gasteiger partial charge in [-0.2, -0.15) is 0 Å². The minimum Gasteiger partial charge on any atom is -0.469 e. The third-order valence-corrected chi connectivity index (χ3v) is 5.85. The van der Waals surface area contributed by atoms with Gasteiger partial charge in [-0.25, -0.2) is 0 Å². The maximum Gasteiger partial charge on any atom is 0.306 e. The molecule has 10 heteroatoms. The van der Waals surface area contributed by atoms with Gasteiger partial charge in [-0.1, -0.05) is 28.5 Å². The number of methoxy groups -OCH3 is 1. The molecule has 0 aliphatic rings. The van der Waals surface area contributed by atoms with E-state index in [9.17, 15) is 19.8 Å². The van der Waals surface area contributed by atoms with E-state index < -0.39 is 12.2 Å². The summed E-state index contributed by atoms with van der Waals surface area (Å²) in [4.78, 5) is 22.5. The van der Waals surface area contributed by atoms with Crippen molar-refractivity contribution in [3.8, 4) is 0 Å². The van der Waals surface area contributed by atoms with Crippen LogP contribution in [0.15, 0.2) is 0 Å². The molecule has 0 aromatic heterocycles. The Hall–Kier alpha value is -0.520. The normalized spacial score (nSPS) is 13.1. The van der Waals surface area contributed by atoms with Crippen molar-refractivity contribution in [2.45, 2.75) is 51.2 Å². The van der Waals surface area contributed by atoms with E-state index in [1.165, 1.54) is 28.7 Å². The van der Waals surface area contributed by atoms with Crippen LogP contribution in [0.2, 0.25) is 0 Å². The van der Waals surface area contributed by atoms with Crippen LogP contribution in [0.5, 0.6) is 0 Å². The summed E-state index contributed by atoms with van der Waals surface area (Å²) in [7, 11) is 4.35. The summed E-state index contributed by atoms with van der Waals surface area (Å²) in [6.45, 7) is 3.34. The first kappa shape index (κ1) is 27.5. The molecule has 0 aromatic rings. The van der Waals surface area contributed by atoms with Crippen LogP contribution in [0.1, 0.15) is 39.0 Å². The molecule has 0 fully saturated rings. The van der Waals surface area contributed by atoms with Crippen molar-refractivity contribution in [3.63, 3.8) is 0 Å². The van der Waals surface area contributed by atoms with Crippen LogP contribution >= 0.6 is 21.6 Å². The van der Waals surface area contributed by atoms with E-state index in [-0.39, 0.29) is 31.6 Å². The zero-order valence-corrected chi connectivity index (χ0v) is 18.4. The largest absolute Gasteiger partial charge is 0.469 e. The molecule has 2 atom stereocenters. The molecule has 8 nitrogen and oxygen atoms in total. The first-order chi connectivity index (χ1) is 13.5. The minimum absolute atomic E-state index is 0.0863. The van der Waals surface area contributed by atoms with Gasteiger partial charge in [-0.15, -0.1) is 0 Å². The molecule has 0 rings (SSSR count). The van der Waals surface area contributed by atoms with Gasteiger partial charge in [-0.3, -0.25) is 9.59 Å². The van der Waals surface area contributed by atoms with E-state index in [1.807, 2.05) is 6.92 Å². The average molecular weight is 443 g/mol. The van der Waals surface area contributed by atoms with Gasteiger partial charge in [-0.05, 0) is 19.3 Å². The Labute approximate surface area is 175 Å². The van der Waals surface area contributed by atoms with Crippen LogP contribution in [0.25, 0.3) is 0 Å². The van der Waals surface area contributed by atoms with Crippen molar-refractivity contribution in [1.82, 2.24) is 0 Å². The topological polar surface area (TPSA) is 112 Å². The Morgan fingerprint density at radius 2 is 1.39 bits per heavy atom. The lowest BCUT2D eigenvalue weighted by Gasteiger charge is -2.12. The number of aliphatic hydroxyl groups is 2. The highest BCUT2D eigenvalue weighted by molar-refractivity contribution is 8.76. The number of esters is 2. The van der Waals surface area contributed by atoms with Gasteiger partial charge in [0.15, 0.2) is 0 Å². The first-order valence-electron chi connectivity index (χ1n) is 9.48. The van der Waals surface area contributed by atoms with E-state index in [2.05, 4.69) is 4.74 Å². The summed E-state index contributed by atoms with van der Waals surface area (Å²) < 4.78 is 20.2. The number of carbonyl (C=O) groups excluding carboxylic acids is 2. The Balaban J connectivity index is 3.40. The zero-order valence-electron chi connectivity index (χ0n) is 16.8. The van der Waals surface area contributed by atoms with Crippen LogP contribution in [-0.4, -0.2) is 86.0 Å². The van der Waals surface area contributed by atoms with Crippen LogP contribution in [0, 0.1) is 0 Å². The molecule has 2 unspecified atom stereocenters. The molecule has 0 bridgehead atoms. The number of rotatable bonds is 19. The predicted molar refractivity (Wildman–Crippen MR) is 110 cm³/mol. The lowest BCUT2D eigenvalue weighted by Crippen LogP contribution is -2.24. The summed E-state index contributed by atoms with van der Waals surface area (Å²) in [6, 6.07) is 0. The second-order valence-corrected chi connectivity index (χ2v) is 8.68. The molecule has 166 valence electrons. The molecule has 0 spiro atoms. The Morgan fingerprint density at radius 1 is 0.857 bits per heavy atom. The third kappa shape index (κ3) is 18.8. The van der Waals surface area contributed by atoms with E-state index in [1.54, 1.807) is 0 Å². The lowest BCUT2D eigenvalue weighted by molar-refractivity contribution is -0.147. The van der Waals surface area contributed by atoms with Gasteiger partial charge >= 0.3 is 11.9 Å². The highest BCUT2D eigenvalue weighted by Crippen LogP contribution is 2.22. The molecule has 0 aliphatic heterocycles. The zero-order chi connectivity index (χ0) is 21.0. The molecular formula is C18H34O8S2. The fraction of sp³-hybridized carbons (Fsp3) is 0.889. The van der Waals surface area contributed by atoms with Gasteiger partial charge in [0.05, 0.1) is 39.3 Å². The Morgan fingerprint density at radius 3 is 1.93 bits per heavy atom. The quantitative estimate of drug-likeness (QED) is 0.174. The molecule has 0 heterocycles. The van der Waals surface area contributed by atoms with Crippen molar-refractivity contribution in [2.75, 3.05) is 51.6 Å². The van der Waals surface area contributed by atoms with Crippen molar-refractivity contribution < 1.29 is 38.7 Å². The van der Waals surface area contributed by atoms with E-state index >= 15 is 0 Å². The van der Waals surface area contributed by atoms with Crippen LogP contribution in [0.3, 0.4) is 0 Å². The van der Waals surface area contributed by atoms with Gasteiger partial charge in [0.25, 0.3) is 0 Å². The van der Waals surface area contributed by atoms with Crippen LogP contribution in [-0.2, 0) is 28.5 Å². The number of unbranched alkanes of at least 4 members (excludes halogenated alkanes) is 1. The second-order valence-electron chi connectivity index (χ2n) is 5.98. The van der Waals surface area contributed by atoms with Gasteiger partial charge in [0.1, 0.15) is 12.7 Å². The van der Waals surface area contributed by atoms with Crippen molar-refractivity contribution in [3.05, 3.63) is 0 Å². The lowest BCUT2D eigenvalue weighted by atomic mass is 10.3. The molecule has 0 aromatic carbocycles. The highest BCUT2D eigenvalue weighted by atomic mass is 33.1. The summed E-state index contributed by atoms with van der Waals surface area (Å²) in [5.74, 6) is 0.597. The van der Waals surface area contributed by atoms with E-state index in [0.717, 1.165) is 12.8 Å². The SMILES string of the molecule is CCC(O)COCCCCOCC(O)COC(=O)CCSSCCC(=O)OC. The van der Waals surface area contributed by atoms with Gasteiger partial charge < -0.3 is 29.2 Å². The Kier molecular flexibility index (Phi) is 19.4. The number of hydrogen-bond donors (Lipinski definition) is 2. The average Bonchev–Trinajstić information content (AvgIpc) is 2.70. The van der Waals surface area contributed by atoms with Crippen LogP contribution < -0.4 is 0 Å². The number of hydrogen-bond acceptors (Lipinski definition) is 10. The molecule has 0 radical (unpaired) electrons. The summed E-state index contributed by atoms with van der Waals surface area (Å²) in [5, 5.41) is 19.1. The summed E-state index contributed by atoms with van der Waals surface area (Å²) >= 11 is 0. The molecule has 0 aliphatic carbocycles. The maximum absolute atomic E-state index is 11.6. The van der Waals surface area contributed by atoms with Gasteiger partial charge in [0, 0.05) is 24.7 Å². The second kappa shape index (κ2) is 19.8. The minimum atomic E-state index is -0.845. The summed E-state index contributed by atoms with van der Waals surface area (Å²) in [5.41, 5.74) is 0. The van der Waals surface area contributed by atoms with Crippen molar-refractivity contribution in [2.24, 2.45) is 0 Å². The van der Waals surface area contributed by atoms with Crippen LogP contribution in [0.4, 0.5) is 0 Å². The molecule has 2 N–H and O–H groups in total. The molecule has 28 heavy (non-hydrogen) atoms. The van der Waals surface area contributed by atoms with E-state index in [4.69, 9.17) is 14.2 Å². The monoisotopic (exact) mass is 442 g/mol. The number of ether oxygens (including phenoxy) is 4. The summed E-state index contributed by atoms with van der Waals surface area (Å²) in [6.07, 6.45) is 1.63. The highest BCUT2D eigenvalue weighted by Gasteiger charge is 2.09. The third-order valence-electron chi connectivity index (χ3n) is 3.45. The smallest absolute Gasteiger partial charge is 0.306 e. The maximum atomic E-state index is 11.6. The predicted octanol–water partition coefficient (Wildman–Crippen LogP) is 1.81. The number of carbonyl (C=O) groups is 2. The molecular weight excluding hydrogens is 408 g/mol. The van der Waals surface area contributed by atoms with Crippen molar-refractivity contribution >= 4 is 33.5 Å². The fourth-order valence-corrected chi connectivity index (χ4v) is 3.69. The molecule has 0 amide bonds. The van der Waals surface area contributed by atoms with Gasteiger partial charge in [0.2, 0.25) is 0 Å². The van der Waals surface area contributed by atoms with Crippen molar-refractivity contribution in [1.29, 1.82) is 0 Å². The first-order valence-corrected chi connectivity index (χ1v) is 12.0. The molecule has 0 saturated heterocycles. The van der Waals surface area contributed by atoms with E-state index in [0.29, 0.717) is 44.2 Å².